The predicted molar refractivity (Wildman–Crippen MR) is 137 cm³/mol. The van der Waals surface area contributed by atoms with Gasteiger partial charge in [0.2, 0.25) is 0 Å². The lowest BCUT2D eigenvalue weighted by Gasteiger charge is -2.27. The molecule has 0 unspecified atom stereocenters. The summed E-state index contributed by atoms with van der Waals surface area (Å²) in [5.41, 5.74) is 6.28. The van der Waals surface area contributed by atoms with Gasteiger partial charge in [0.05, 0.1) is 25.5 Å². The molecule has 31 heavy (non-hydrogen) atoms. The summed E-state index contributed by atoms with van der Waals surface area (Å²) in [5.74, 6) is 0.859. The van der Waals surface area contributed by atoms with E-state index < -0.39 is 0 Å². The van der Waals surface area contributed by atoms with Crippen molar-refractivity contribution in [3.05, 3.63) is 52.3 Å². The number of ether oxygens (including phenoxy) is 1. The number of hydrogen-bond acceptors (Lipinski definition) is 4. The van der Waals surface area contributed by atoms with E-state index in [0.717, 1.165) is 64.0 Å². The van der Waals surface area contributed by atoms with Crippen molar-refractivity contribution < 1.29 is 4.74 Å². The molecular formula is C23H37IN6O. The number of nitrogens with zero attached hydrogens (tertiary/aromatic N) is 4. The van der Waals surface area contributed by atoms with Crippen LogP contribution in [-0.2, 0) is 31.3 Å². The number of aliphatic imine (C=N–C) groups is 1. The fraction of sp³-hybridized carbons (Fsp3) is 0.565. The number of halogens is 1. The van der Waals surface area contributed by atoms with Crippen LogP contribution in [0.2, 0.25) is 0 Å². The fourth-order valence-corrected chi connectivity index (χ4v) is 3.86. The Morgan fingerprint density at radius 2 is 1.84 bits per heavy atom. The number of benzene rings is 1. The molecule has 1 fully saturated rings. The zero-order valence-electron chi connectivity index (χ0n) is 19.3. The van der Waals surface area contributed by atoms with Crippen molar-refractivity contribution in [2.45, 2.75) is 40.3 Å². The van der Waals surface area contributed by atoms with Crippen LogP contribution in [0, 0.1) is 13.8 Å². The third-order valence-electron chi connectivity index (χ3n) is 5.69. The summed E-state index contributed by atoms with van der Waals surface area (Å²) in [6.07, 6.45) is 0.934. The molecular weight excluding hydrogens is 503 g/mol. The van der Waals surface area contributed by atoms with Crippen LogP contribution >= 0.6 is 24.0 Å². The van der Waals surface area contributed by atoms with Crippen molar-refractivity contribution >= 4 is 29.9 Å². The van der Waals surface area contributed by atoms with Crippen molar-refractivity contribution in [1.29, 1.82) is 0 Å². The van der Waals surface area contributed by atoms with Crippen molar-refractivity contribution in [3.8, 4) is 0 Å². The first-order chi connectivity index (χ1) is 14.6. The van der Waals surface area contributed by atoms with E-state index in [4.69, 9.17) is 9.73 Å². The SMILES string of the molecule is CCNC(=NCc1ccccc1CN1CCOCC1)NCCc1c(C)nn(C)c1C.I. The van der Waals surface area contributed by atoms with Gasteiger partial charge in [0.15, 0.2) is 5.96 Å². The standard InChI is InChI=1S/C23H36N6O.HI/c1-5-24-23(25-11-10-22-18(2)27-28(4)19(22)3)26-16-20-8-6-7-9-21(20)17-29-12-14-30-15-13-29;/h6-9H,5,10-17H2,1-4H3,(H2,24,25,26);1H. The number of hydrogen-bond donors (Lipinski definition) is 2. The highest BCUT2D eigenvalue weighted by Gasteiger charge is 2.13. The Kier molecular flexibility index (Phi) is 10.8. The third kappa shape index (κ3) is 7.47. The molecule has 0 bridgehead atoms. The Bertz CT molecular complexity index is 845. The highest BCUT2D eigenvalue weighted by Crippen LogP contribution is 2.14. The maximum absolute atomic E-state index is 5.47. The van der Waals surface area contributed by atoms with E-state index >= 15 is 0 Å². The Balaban J connectivity index is 0.00000341. The van der Waals surface area contributed by atoms with Crippen molar-refractivity contribution in [2.75, 3.05) is 39.4 Å². The van der Waals surface area contributed by atoms with Crippen molar-refractivity contribution in [1.82, 2.24) is 25.3 Å². The second-order valence-electron chi connectivity index (χ2n) is 7.80. The lowest BCUT2D eigenvalue weighted by atomic mass is 10.1. The summed E-state index contributed by atoms with van der Waals surface area (Å²) in [5, 5.41) is 11.4. The van der Waals surface area contributed by atoms with Gasteiger partial charge in [-0.1, -0.05) is 24.3 Å². The summed E-state index contributed by atoms with van der Waals surface area (Å²) in [6, 6.07) is 8.62. The summed E-state index contributed by atoms with van der Waals surface area (Å²) in [6.45, 7) is 13.2. The van der Waals surface area contributed by atoms with Gasteiger partial charge in [0.25, 0.3) is 0 Å². The van der Waals surface area contributed by atoms with Gasteiger partial charge in [0.1, 0.15) is 0 Å². The third-order valence-corrected chi connectivity index (χ3v) is 5.69. The maximum Gasteiger partial charge on any atom is 0.191 e. The summed E-state index contributed by atoms with van der Waals surface area (Å²) >= 11 is 0. The smallest absolute Gasteiger partial charge is 0.191 e. The fourth-order valence-electron chi connectivity index (χ4n) is 3.86. The minimum Gasteiger partial charge on any atom is -0.379 e. The van der Waals surface area contributed by atoms with Gasteiger partial charge in [-0.3, -0.25) is 9.58 Å². The lowest BCUT2D eigenvalue weighted by molar-refractivity contribution is 0.0341. The molecule has 7 nitrogen and oxygen atoms in total. The Morgan fingerprint density at radius 3 is 2.48 bits per heavy atom. The van der Waals surface area contributed by atoms with Gasteiger partial charge in [-0.05, 0) is 43.9 Å². The molecule has 0 aliphatic carbocycles. The first-order valence-corrected chi connectivity index (χ1v) is 11.0. The van der Waals surface area contributed by atoms with Crippen LogP contribution in [0.1, 0.15) is 35.0 Å². The van der Waals surface area contributed by atoms with Crippen LogP contribution < -0.4 is 10.6 Å². The molecule has 0 radical (unpaired) electrons. The van der Waals surface area contributed by atoms with E-state index in [1.807, 2.05) is 11.7 Å². The quantitative estimate of drug-likeness (QED) is 0.307. The first-order valence-electron chi connectivity index (χ1n) is 11.0. The monoisotopic (exact) mass is 540 g/mol. The second-order valence-corrected chi connectivity index (χ2v) is 7.80. The maximum atomic E-state index is 5.47. The summed E-state index contributed by atoms with van der Waals surface area (Å²) in [7, 11) is 2.00. The van der Waals surface area contributed by atoms with E-state index in [9.17, 15) is 0 Å². The Morgan fingerprint density at radius 1 is 1.13 bits per heavy atom. The normalized spacial score (nSPS) is 14.9. The highest BCUT2D eigenvalue weighted by molar-refractivity contribution is 14.0. The van der Waals surface area contributed by atoms with Gasteiger partial charge < -0.3 is 15.4 Å². The molecule has 1 aliphatic rings. The van der Waals surface area contributed by atoms with Gasteiger partial charge in [-0.25, -0.2) is 4.99 Å². The molecule has 172 valence electrons. The Hall–Kier alpha value is -1.65. The largest absolute Gasteiger partial charge is 0.379 e. The number of aryl methyl sites for hydroxylation is 2. The van der Waals surface area contributed by atoms with E-state index in [-0.39, 0.29) is 24.0 Å². The van der Waals surface area contributed by atoms with E-state index in [1.54, 1.807) is 0 Å². The second kappa shape index (κ2) is 13.0. The minimum absolute atomic E-state index is 0. The predicted octanol–water partition coefficient (Wildman–Crippen LogP) is 2.78. The van der Waals surface area contributed by atoms with Gasteiger partial charge in [0, 0.05) is 45.5 Å². The van der Waals surface area contributed by atoms with E-state index in [0.29, 0.717) is 6.54 Å². The van der Waals surface area contributed by atoms with E-state index in [1.165, 1.54) is 22.4 Å². The van der Waals surface area contributed by atoms with Crippen LogP contribution in [0.5, 0.6) is 0 Å². The van der Waals surface area contributed by atoms with Crippen LogP contribution in [-0.4, -0.2) is 60.0 Å². The van der Waals surface area contributed by atoms with E-state index in [2.05, 4.69) is 65.7 Å². The molecule has 1 aromatic heterocycles. The molecule has 2 N–H and O–H groups in total. The molecule has 2 heterocycles. The average Bonchev–Trinajstić information content (AvgIpc) is 2.99. The molecule has 0 saturated carbocycles. The van der Waals surface area contributed by atoms with Gasteiger partial charge >= 0.3 is 0 Å². The van der Waals surface area contributed by atoms with Crippen LogP contribution in [0.25, 0.3) is 0 Å². The molecule has 1 saturated heterocycles. The van der Waals surface area contributed by atoms with Gasteiger partial charge in [-0.15, -0.1) is 24.0 Å². The number of guanidine groups is 1. The number of morpholine rings is 1. The topological polar surface area (TPSA) is 66.7 Å². The molecule has 0 amide bonds. The molecule has 0 atom stereocenters. The zero-order valence-corrected chi connectivity index (χ0v) is 21.6. The number of rotatable bonds is 8. The van der Waals surface area contributed by atoms with Crippen LogP contribution in [0.3, 0.4) is 0 Å². The number of aromatic nitrogens is 2. The summed E-state index contributed by atoms with van der Waals surface area (Å²) < 4.78 is 7.43. The molecule has 1 aliphatic heterocycles. The van der Waals surface area contributed by atoms with Crippen molar-refractivity contribution in [2.24, 2.45) is 12.0 Å². The van der Waals surface area contributed by atoms with Crippen molar-refractivity contribution in [3.63, 3.8) is 0 Å². The summed E-state index contributed by atoms with van der Waals surface area (Å²) in [4.78, 5) is 7.30. The molecule has 3 rings (SSSR count). The molecule has 2 aromatic rings. The highest BCUT2D eigenvalue weighted by atomic mass is 127. The van der Waals surface area contributed by atoms with Crippen LogP contribution in [0.4, 0.5) is 0 Å². The average molecular weight is 540 g/mol. The first kappa shape index (κ1) is 25.6. The number of nitrogens with one attached hydrogen (secondary N) is 2. The molecule has 0 spiro atoms. The van der Waals surface area contributed by atoms with Crippen LogP contribution in [0.15, 0.2) is 29.3 Å². The lowest BCUT2D eigenvalue weighted by Crippen LogP contribution is -2.38. The minimum atomic E-state index is 0. The Labute approximate surface area is 203 Å². The zero-order chi connectivity index (χ0) is 21.3. The van der Waals surface area contributed by atoms with Gasteiger partial charge in [-0.2, -0.15) is 5.10 Å². The molecule has 8 heteroatoms. The molecule has 1 aromatic carbocycles.